The smallest absolute Gasteiger partial charge is 0.323 e. The van der Waals surface area contributed by atoms with Crippen molar-refractivity contribution in [1.82, 2.24) is 15.0 Å². The molecule has 0 fully saturated rings. The van der Waals surface area contributed by atoms with E-state index in [-0.39, 0.29) is 6.01 Å². The van der Waals surface area contributed by atoms with E-state index in [4.69, 9.17) is 16.3 Å². The number of hydrogen-bond acceptors (Lipinski definition) is 6. The van der Waals surface area contributed by atoms with E-state index in [0.29, 0.717) is 30.1 Å². The second-order valence-electron chi connectivity index (χ2n) is 7.01. The Bertz CT molecular complexity index is 1140. The van der Waals surface area contributed by atoms with E-state index in [1.807, 2.05) is 85.8 Å². The molecule has 0 aliphatic carbocycles. The Morgan fingerprint density at radius 1 is 0.806 bits per heavy atom. The van der Waals surface area contributed by atoms with Crippen LogP contribution in [0.1, 0.15) is 16.7 Å². The number of nitrogens with one attached hydrogen (secondary N) is 2. The van der Waals surface area contributed by atoms with Gasteiger partial charge in [-0.05, 0) is 47.9 Å². The zero-order valence-corrected chi connectivity index (χ0v) is 17.8. The molecular formula is C24H22ClN5O. The summed E-state index contributed by atoms with van der Waals surface area (Å²) >= 11 is 5.97. The summed E-state index contributed by atoms with van der Waals surface area (Å²) in [4.78, 5) is 13.3. The third-order valence-electron chi connectivity index (χ3n) is 4.46. The van der Waals surface area contributed by atoms with Gasteiger partial charge in [-0.15, -0.1) is 0 Å². The molecule has 31 heavy (non-hydrogen) atoms. The molecule has 0 saturated heterocycles. The summed E-state index contributed by atoms with van der Waals surface area (Å²) < 4.78 is 5.84. The van der Waals surface area contributed by atoms with Gasteiger partial charge >= 0.3 is 6.01 Å². The van der Waals surface area contributed by atoms with Crippen LogP contribution in [-0.4, -0.2) is 15.0 Å². The Kier molecular flexibility index (Phi) is 6.59. The molecular weight excluding hydrogens is 410 g/mol. The molecule has 0 radical (unpaired) electrons. The van der Waals surface area contributed by atoms with Crippen LogP contribution in [0.25, 0.3) is 0 Å². The molecule has 156 valence electrons. The Labute approximate surface area is 186 Å². The average Bonchev–Trinajstić information content (AvgIpc) is 2.78. The van der Waals surface area contributed by atoms with E-state index in [1.54, 1.807) is 0 Å². The van der Waals surface area contributed by atoms with Gasteiger partial charge in [0.2, 0.25) is 11.9 Å². The molecule has 1 aromatic heterocycles. The summed E-state index contributed by atoms with van der Waals surface area (Å²) in [5, 5.41) is 7.16. The molecule has 1 heterocycles. The Hall–Kier alpha value is -3.64. The number of hydrogen-bond donors (Lipinski definition) is 2. The first kappa shape index (κ1) is 20.6. The molecule has 4 aromatic rings. The minimum absolute atomic E-state index is 0.243. The molecule has 0 amide bonds. The first-order valence-corrected chi connectivity index (χ1v) is 10.3. The summed E-state index contributed by atoms with van der Waals surface area (Å²) in [6.07, 6.45) is 0. The van der Waals surface area contributed by atoms with Crippen LogP contribution in [0.5, 0.6) is 6.01 Å². The van der Waals surface area contributed by atoms with Crippen molar-refractivity contribution in [1.29, 1.82) is 0 Å². The lowest BCUT2D eigenvalue weighted by Gasteiger charge is -2.11. The number of aryl methyl sites for hydroxylation is 1. The fourth-order valence-electron chi connectivity index (χ4n) is 2.91. The Balaban J connectivity index is 1.53. The standard InChI is InChI=1S/C24H22ClN5O/c1-17-6-5-9-21(14-17)27-23-28-22(26-15-18-10-12-20(25)13-11-18)29-24(30-23)31-16-19-7-3-2-4-8-19/h2-14H,15-16H2,1H3,(H2,26,27,28,29,30). The molecule has 0 aliphatic heterocycles. The zero-order valence-electron chi connectivity index (χ0n) is 17.0. The predicted octanol–water partition coefficient (Wildman–Crippen LogP) is 5.77. The molecule has 7 heteroatoms. The number of ether oxygens (including phenoxy) is 1. The van der Waals surface area contributed by atoms with Crippen molar-refractivity contribution in [3.8, 4) is 6.01 Å². The van der Waals surface area contributed by atoms with Gasteiger partial charge in [0.05, 0.1) is 0 Å². The van der Waals surface area contributed by atoms with Crippen molar-refractivity contribution in [3.63, 3.8) is 0 Å². The van der Waals surface area contributed by atoms with Crippen LogP contribution in [0.15, 0.2) is 78.9 Å². The van der Waals surface area contributed by atoms with Crippen molar-refractivity contribution in [2.45, 2.75) is 20.1 Å². The first-order chi connectivity index (χ1) is 15.1. The van der Waals surface area contributed by atoms with Crippen LogP contribution in [0.4, 0.5) is 17.6 Å². The highest BCUT2D eigenvalue weighted by molar-refractivity contribution is 6.30. The van der Waals surface area contributed by atoms with Crippen LogP contribution >= 0.6 is 11.6 Å². The normalized spacial score (nSPS) is 10.5. The van der Waals surface area contributed by atoms with Gasteiger partial charge in [-0.2, -0.15) is 15.0 Å². The third kappa shape index (κ3) is 6.17. The lowest BCUT2D eigenvalue weighted by molar-refractivity contribution is 0.281. The van der Waals surface area contributed by atoms with E-state index in [0.717, 1.165) is 22.4 Å². The van der Waals surface area contributed by atoms with E-state index >= 15 is 0 Å². The number of aromatic nitrogens is 3. The van der Waals surface area contributed by atoms with Gasteiger partial charge in [0.15, 0.2) is 0 Å². The minimum atomic E-state index is 0.243. The van der Waals surface area contributed by atoms with Crippen molar-refractivity contribution in [3.05, 3.63) is 101 Å². The molecule has 0 atom stereocenters. The second kappa shape index (κ2) is 9.91. The van der Waals surface area contributed by atoms with Gasteiger partial charge in [0.1, 0.15) is 6.61 Å². The van der Waals surface area contributed by atoms with Crippen molar-refractivity contribution in [2.24, 2.45) is 0 Å². The summed E-state index contributed by atoms with van der Waals surface area (Å²) in [5.41, 5.74) is 4.13. The van der Waals surface area contributed by atoms with Gasteiger partial charge in [0, 0.05) is 17.3 Å². The van der Waals surface area contributed by atoms with Gasteiger partial charge in [-0.1, -0.05) is 66.2 Å². The largest absolute Gasteiger partial charge is 0.458 e. The highest BCUT2D eigenvalue weighted by atomic mass is 35.5. The number of anilines is 3. The van der Waals surface area contributed by atoms with Crippen LogP contribution in [0, 0.1) is 6.92 Å². The van der Waals surface area contributed by atoms with Gasteiger partial charge < -0.3 is 15.4 Å². The summed E-state index contributed by atoms with van der Waals surface area (Å²) in [6, 6.07) is 25.7. The molecule has 0 saturated carbocycles. The monoisotopic (exact) mass is 431 g/mol. The SMILES string of the molecule is Cc1cccc(Nc2nc(NCc3ccc(Cl)cc3)nc(OCc3ccccc3)n2)c1. The number of rotatable bonds is 8. The number of nitrogens with zero attached hydrogens (tertiary/aromatic N) is 3. The van der Waals surface area contributed by atoms with E-state index in [2.05, 4.69) is 25.6 Å². The van der Waals surface area contributed by atoms with Crippen molar-refractivity contribution in [2.75, 3.05) is 10.6 Å². The molecule has 6 nitrogen and oxygen atoms in total. The van der Waals surface area contributed by atoms with Crippen LogP contribution in [-0.2, 0) is 13.2 Å². The molecule has 0 bridgehead atoms. The summed E-state index contributed by atoms with van der Waals surface area (Å²) in [5.74, 6) is 0.824. The third-order valence-corrected chi connectivity index (χ3v) is 4.72. The average molecular weight is 432 g/mol. The second-order valence-corrected chi connectivity index (χ2v) is 7.45. The molecule has 4 rings (SSSR count). The molecule has 2 N–H and O–H groups in total. The molecule has 3 aromatic carbocycles. The molecule has 0 aliphatic rings. The first-order valence-electron chi connectivity index (χ1n) is 9.89. The van der Waals surface area contributed by atoms with E-state index in [9.17, 15) is 0 Å². The van der Waals surface area contributed by atoms with Gasteiger partial charge in [-0.25, -0.2) is 0 Å². The van der Waals surface area contributed by atoms with Gasteiger partial charge in [-0.3, -0.25) is 0 Å². The fraction of sp³-hybridized carbons (Fsp3) is 0.125. The van der Waals surface area contributed by atoms with E-state index < -0.39 is 0 Å². The molecule has 0 unspecified atom stereocenters. The van der Waals surface area contributed by atoms with Gasteiger partial charge in [0.25, 0.3) is 0 Å². The minimum Gasteiger partial charge on any atom is -0.458 e. The quantitative estimate of drug-likeness (QED) is 0.369. The highest BCUT2D eigenvalue weighted by Gasteiger charge is 2.09. The van der Waals surface area contributed by atoms with Crippen LogP contribution in [0.3, 0.4) is 0 Å². The Morgan fingerprint density at radius 2 is 1.58 bits per heavy atom. The zero-order chi connectivity index (χ0) is 21.5. The maximum Gasteiger partial charge on any atom is 0.323 e. The Morgan fingerprint density at radius 3 is 2.35 bits per heavy atom. The summed E-state index contributed by atoms with van der Waals surface area (Å²) in [7, 11) is 0. The van der Waals surface area contributed by atoms with Crippen molar-refractivity contribution >= 4 is 29.2 Å². The van der Waals surface area contributed by atoms with Crippen LogP contribution in [0.2, 0.25) is 5.02 Å². The number of halogens is 1. The van der Waals surface area contributed by atoms with E-state index in [1.165, 1.54) is 0 Å². The number of benzene rings is 3. The maximum atomic E-state index is 5.97. The van der Waals surface area contributed by atoms with Crippen molar-refractivity contribution < 1.29 is 4.74 Å². The highest BCUT2D eigenvalue weighted by Crippen LogP contribution is 2.19. The van der Waals surface area contributed by atoms with Crippen LogP contribution < -0.4 is 15.4 Å². The predicted molar refractivity (Wildman–Crippen MR) is 124 cm³/mol. The maximum absolute atomic E-state index is 5.97. The molecule has 0 spiro atoms. The topological polar surface area (TPSA) is 72.0 Å². The lowest BCUT2D eigenvalue weighted by Crippen LogP contribution is -2.09. The fourth-order valence-corrected chi connectivity index (χ4v) is 3.04. The summed E-state index contributed by atoms with van der Waals surface area (Å²) in [6.45, 7) is 2.95. The lowest BCUT2D eigenvalue weighted by atomic mass is 10.2.